The van der Waals surface area contributed by atoms with Crippen molar-refractivity contribution in [2.24, 2.45) is 0 Å². The fourth-order valence-corrected chi connectivity index (χ4v) is 3.43. The number of ether oxygens (including phenoxy) is 1. The van der Waals surface area contributed by atoms with Crippen LogP contribution in [0.5, 0.6) is 0 Å². The van der Waals surface area contributed by atoms with Gasteiger partial charge in [-0.25, -0.2) is 9.18 Å². The van der Waals surface area contributed by atoms with E-state index in [-0.39, 0.29) is 18.0 Å². The number of carbonyl (C=O) groups excluding carboxylic acids is 1. The van der Waals surface area contributed by atoms with Gasteiger partial charge in [-0.15, -0.1) is 10.2 Å². The lowest BCUT2D eigenvalue weighted by molar-refractivity contribution is 0.0201. The van der Waals surface area contributed by atoms with Crippen molar-refractivity contribution in [3.05, 3.63) is 41.5 Å². The Hall–Kier alpha value is -2.09. The van der Waals surface area contributed by atoms with Gasteiger partial charge in [0.15, 0.2) is 0 Å². The summed E-state index contributed by atoms with van der Waals surface area (Å²) in [5.74, 6) is 0.764. The van der Waals surface area contributed by atoms with Crippen LogP contribution in [0.25, 0.3) is 0 Å². The van der Waals surface area contributed by atoms with Crippen molar-refractivity contribution < 1.29 is 18.3 Å². The second-order valence-corrected chi connectivity index (χ2v) is 8.08. The molecule has 0 saturated carbocycles. The fourth-order valence-electron chi connectivity index (χ4n) is 2.70. The van der Waals surface area contributed by atoms with Gasteiger partial charge in [0.25, 0.3) is 5.22 Å². The molecular weight excluding hydrogens is 357 g/mol. The first-order valence-electron chi connectivity index (χ1n) is 8.52. The van der Waals surface area contributed by atoms with E-state index in [2.05, 4.69) is 10.2 Å². The number of nitrogens with zero attached hydrogens (tertiary/aromatic N) is 3. The molecule has 6 nitrogen and oxygen atoms in total. The van der Waals surface area contributed by atoms with Crippen LogP contribution < -0.4 is 0 Å². The van der Waals surface area contributed by atoms with Crippen molar-refractivity contribution in [1.82, 2.24) is 15.1 Å². The van der Waals surface area contributed by atoms with E-state index >= 15 is 0 Å². The zero-order valence-corrected chi connectivity index (χ0v) is 15.9. The van der Waals surface area contributed by atoms with Crippen molar-refractivity contribution in [2.45, 2.75) is 56.2 Å². The SMILES string of the molecule is CC(C)(C)OC(=O)N1CCC[C@@H]1c1nnc(SCc2ccc(F)cc2)o1. The van der Waals surface area contributed by atoms with Gasteiger partial charge in [-0.3, -0.25) is 4.90 Å². The quantitative estimate of drug-likeness (QED) is 0.725. The van der Waals surface area contributed by atoms with E-state index in [4.69, 9.17) is 9.15 Å². The normalized spacial score (nSPS) is 17.5. The number of amides is 1. The Kier molecular flexibility index (Phi) is 5.50. The molecule has 3 rings (SSSR count). The number of hydrogen-bond acceptors (Lipinski definition) is 6. The van der Waals surface area contributed by atoms with E-state index in [0.717, 1.165) is 18.4 Å². The minimum absolute atomic E-state index is 0.252. The van der Waals surface area contributed by atoms with E-state index in [0.29, 0.717) is 23.4 Å². The third kappa shape index (κ3) is 4.75. The van der Waals surface area contributed by atoms with Crippen molar-refractivity contribution in [1.29, 1.82) is 0 Å². The van der Waals surface area contributed by atoms with Crippen LogP contribution in [-0.4, -0.2) is 33.3 Å². The molecule has 1 aliphatic rings. The van der Waals surface area contributed by atoms with Gasteiger partial charge >= 0.3 is 6.09 Å². The molecule has 0 unspecified atom stereocenters. The molecule has 1 saturated heterocycles. The monoisotopic (exact) mass is 379 g/mol. The highest BCUT2D eigenvalue weighted by molar-refractivity contribution is 7.98. The van der Waals surface area contributed by atoms with Gasteiger partial charge in [0, 0.05) is 12.3 Å². The molecule has 2 heterocycles. The number of halogens is 1. The summed E-state index contributed by atoms with van der Waals surface area (Å²) >= 11 is 1.38. The Labute approximate surface area is 156 Å². The van der Waals surface area contributed by atoms with Crippen molar-refractivity contribution >= 4 is 17.9 Å². The van der Waals surface area contributed by atoms with Gasteiger partial charge < -0.3 is 9.15 Å². The Bertz CT molecular complexity index is 758. The first-order valence-corrected chi connectivity index (χ1v) is 9.51. The van der Waals surface area contributed by atoms with Crippen LogP contribution in [0.2, 0.25) is 0 Å². The number of carbonyl (C=O) groups is 1. The predicted molar refractivity (Wildman–Crippen MR) is 95.2 cm³/mol. The molecule has 8 heteroatoms. The average molecular weight is 379 g/mol. The highest BCUT2D eigenvalue weighted by atomic mass is 32.2. The molecule has 1 aliphatic heterocycles. The molecule has 1 aromatic carbocycles. The van der Waals surface area contributed by atoms with Crippen LogP contribution in [0.4, 0.5) is 9.18 Å². The molecule has 0 aliphatic carbocycles. The minimum atomic E-state index is -0.546. The molecule has 1 amide bonds. The lowest BCUT2D eigenvalue weighted by Crippen LogP contribution is -2.36. The Morgan fingerprint density at radius 2 is 2.08 bits per heavy atom. The summed E-state index contributed by atoms with van der Waals surface area (Å²) in [6.45, 7) is 6.13. The highest BCUT2D eigenvalue weighted by Crippen LogP contribution is 2.34. The third-order valence-electron chi connectivity index (χ3n) is 3.86. The van der Waals surface area contributed by atoms with Gasteiger partial charge in [-0.05, 0) is 51.3 Å². The predicted octanol–water partition coefficient (Wildman–Crippen LogP) is 4.57. The second kappa shape index (κ2) is 7.65. The topological polar surface area (TPSA) is 68.5 Å². The maximum Gasteiger partial charge on any atom is 0.410 e. The molecular formula is C18H22FN3O3S. The number of thioether (sulfide) groups is 1. The summed E-state index contributed by atoms with van der Waals surface area (Å²) in [6.07, 6.45) is 1.27. The Morgan fingerprint density at radius 3 is 2.77 bits per heavy atom. The number of likely N-dealkylation sites (tertiary alicyclic amines) is 1. The number of benzene rings is 1. The molecule has 2 aromatic rings. The van der Waals surface area contributed by atoms with Crippen molar-refractivity contribution in [2.75, 3.05) is 6.54 Å². The Balaban J connectivity index is 1.62. The van der Waals surface area contributed by atoms with Crippen molar-refractivity contribution in [3.63, 3.8) is 0 Å². The van der Waals surface area contributed by atoms with Crippen molar-refractivity contribution in [3.8, 4) is 0 Å². The molecule has 1 aromatic heterocycles. The van der Waals surface area contributed by atoms with Crippen LogP contribution in [-0.2, 0) is 10.5 Å². The van der Waals surface area contributed by atoms with Gasteiger partial charge in [-0.1, -0.05) is 23.9 Å². The zero-order chi connectivity index (χ0) is 18.7. The van der Waals surface area contributed by atoms with Crippen LogP contribution in [0.3, 0.4) is 0 Å². The molecule has 26 heavy (non-hydrogen) atoms. The van der Waals surface area contributed by atoms with Crippen LogP contribution in [0.15, 0.2) is 33.9 Å². The molecule has 0 bridgehead atoms. The Morgan fingerprint density at radius 1 is 1.35 bits per heavy atom. The largest absolute Gasteiger partial charge is 0.444 e. The first kappa shape index (κ1) is 18.7. The third-order valence-corrected chi connectivity index (χ3v) is 4.75. The fraction of sp³-hybridized carbons (Fsp3) is 0.500. The maximum atomic E-state index is 12.9. The lowest BCUT2D eigenvalue weighted by atomic mass is 10.2. The van der Waals surface area contributed by atoms with Gasteiger partial charge in [0.1, 0.15) is 17.5 Å². The summed E-state index contributed by atoms with van der Waals surface area (Å²) in [4.78, 5) is 14.0. The smallest absolute Gasteiger partial charge is 0.410 e. The molecule has 0 N–H and O–H groups in total. The number of aromatic nitrogens is 2. The lowest BCUT2D eigenvalue weighted by Gasteiger charge is -2.27. The van der Waals surface area contributed by atoms with E-state index in [9.17, 15) is 9.18 Å². The van der Waals surface area contributed by atoms with Gasteiger partial charge in [-0.2, -0.15) is 0 Å². The average Bonchev–Trinajstić information content (AvgIpc) is 3.21. The summed E-state index contributed by atoms with van der Waals surface area (Å²) in [5, 5.41) is 8.59. The summed E-state index contributed by atoms with van der Waals surface area (Å²) < 4.78 is 24.1. The molecule has 0 radical (unpaired) electrons. The van der Waals surface area contributed by atoms with E-state index in [1.807, 2.05) is 20.8 Å². The molecule has 140 valence electrons. The molecule has 0 spiro atoms. The summed E-state index contributed by atoms with van der Waals surface area (Å²) in [7, 11) is 0. The van der Waals surface area contributed by atoms with E-state index in [1.165, 1.54) is 23.9 Å². The van der Waals surface area contributed by atoms with Gasteiger partial charge in [0.2, 0.25) is 5.89 Å². The summed E-state index contributed by atoms with van der Waals surface area (Å²) in [5.41, 5.74) is 0.419. The van der Waals surface area contributed by atoms with Gasteiger partial charge in [0.05, 0.1) is 0 Å². The van der Waals surface area contributed by atoms with Crippen LogP contribution in [0.1, 0.15) is 51.1 Å². The zero-order valence-electron chi connectivity index (χ0n) is 15.1. The molecule has 1 fully saturated rings. The number of hydrogen-bond donors (Lipinski definition) is 0. The molecule has 1 atom stereocenters. The minimum Gasteiger partial charge on any atom is -0.444 e. The van der Waals surface area contributed by atoms with E-state index < -0.39 is 5.60 Å². The van der Waals surface area contributed by atoms with Crippen LogP contribution in [0, 0.1) is 5.82 Å². The second-order valence-electron chi connectivity index (χ2n) is 7.15. The standard InChI is InChI=1S/C18H22FN3O3S/c1-18(2,3)25-17(23)22-10-4-5-14(22)15-20-21-16(24-15)26-11-12-6-8-13(19)9-7-12/h6-9,14H,4-5,10-11H2,1-3H3/t14-/m1/s1. The van der Waals surface area contributed by atoms with E-state index in [1.54, 1.807) is 17.0 Å². The number of rotatable bonds is 4. The van der Waals surface area contributed by atoms with Crippen LogP contribution >= 0.6 is 11.8 Å². The first-order chi connectivity index (χ1) is 12.3. The maximum absolute atomic E-state index is 12.9. The highest BCUT2D eigenvalue weighted by Gasteiger charge is 2.36. The summed E-state index contributed by atoms with van der Waals surface area (Å²) in [6, 6.07) is 6.04.